The molecule has 4 heteroatoms. The van der Waals surface area contributed by atoms with Gasteiger partial charge in [-0.2, -0.15) is 0 Å². The summed E-state index contributed by atoms with van der Waals surface area (Å²) in [4.78, 5) is 10.2. The maximum atomic E-state index is 10.2. The Kier molecular flexibility index (Phi) is 1.85. The molecule has 1 unspecified atom stereocenters. The summed E-state index contributed by atoms with van der Waals surface area (Å²) in [7, 11) is 0. The van der Waals surface area contributed by atoms with Gasteiger partial charge in [0.1, 0.15) is 0 Å². The Labute approximate surface area is 63.6 Å². The number of ether oxygens (including phenoxy) is 2. The van der Waals surface area contributed by atoms with E-state index in [1.807, 2.05) is 0 Å². The van der Waals surface area contributed by atoms with Crippen LogP contribution in [0.1, 0.15) is 13.3 Å². The summed E-state index contributed by atoms with van der Waals surface area (Å²) in [5.74, 6) is -0.876. The minimum absolute atomic E-state index is 0.547. The van der Waals surface area contributed by atoms with Crippen LogP contribution < -0.4 is 0 Å². The number of halogens is 1. The molecule has 56 valence electrons. The lowest BCUT2D eigenvalue weighted by atomic mass is 10.2. The first-order valence-corrected chi connectivity index (χ1v) is 3.21. The van der Waals surface area contributed by atoms with E-state index in [9.17, 15) is 4.79 Å². The molecule has 0 amide bonds. The second kappa shape index (κ2) is 2.50. The molecule has 1 atom stereocenters. The molecule has 0 N–H and O–H groups in total. The second-order valence-corrected chi connectivity index (χ2v) is 2.48. The number of hydrogen-bond acceptors (Lipinski definition) is 3. The lowest BCUT2D eigenvalue weighted by Crippen LogP contribution is -2.28. The SMILES string of the molecule is CC1(OC(=O)Cl)CC=CO1. The van der Waals surface area contributed by atoms with E-state index < -0.39 is 11.2 Å². The molecule has 0 spiro atoms. The van der Waals surface area contributed by atoms with Crippen LogP contribution in [-0.4, -0.2) is 11.2 Å². The minimum atomic E-state index is -0.876. The zero-order valence-electron chi connectivity index (χ0n) is 5.46. The highest BCUT2D eigenvalue weighted by atomic mass is 35.5. The topological polar surface area (TPSA) is 35.5 Å². The summed E-state index contributed by atoms with van der Waals surface area (Å²) in [5, 5.41) is 0. The molecule has 1 rings (SSSR count). The highest BCUT2D eigenvalue weighted by Gasteiger charge is 2.30. The van der Waals surface area contributed by atoms with Crippen molar-refractivity contribution in [3.8, 4) is 0 Å². The molecule has 0 bridgehead atoms. The average molecular weight is 163 g/mol. The molecule has 1 aliphatic heterocycles. The lowest BCUT2D eigenvalue weighted by molar-refractivity contribution is -0.130. The Morgan fingerprint density at radius 2 is 2.60 bits per heavy atom. The van der Waals surface area contributed by atoms with Gasteiger partial charge in [-0.3, -0.25) is 0 Å². The standard InChI is InChI=1S/C6H7ClO3/c1-6(10-5(7)8)3-2-4-9-6/h2,4H,3H2,1H3. The van der Waals surface area contributed by atoms with Crippen molar-refractivity contribution in [2.24, 2.45) is 0 Å². The minimum Gasteiger partial charge on any atom is -0.460 e. The van der Waals surface area contributed by atoms with Gasteiger partial charge in [0.25, 0.3) is 5.79 Å². The highest BCUT2D eigenvalue weighted by molar-refractivity contribution is 6.61. The van der Waals surface area contributed by atoms with Gasteiger partial charge in [-0.1, -0.05) is 0 Å². The van der Waals surface area contributed by atoms with Crippen molar-refractivity contribution in [3.63, 3.8) is 0 Å². The predicted octanol–water partition coefficient (Wildman–Crippen LogP) is 2.01. The summed E-state index contributed by atoms with van der Waals surface area (Å²) in [6, 6.07) is 0. The Balaban J connectivity index is 2.46. The molecule has 10 heavy (non-hydrogen) atoms. The Morgan fingerprint density at radius 3 is 3.00 bits per heavy atom. The summed E-state index contributed by atoms with van der Waals surface area (Å²) in [5.41, 5.74) is -0.841. The fraction of sp³-hybridized carbons (Fsp3) is 0.500. The predicted molar refractivity (Wildman–Crippen MR) is 35.6 cm³/mol. The first-order valence-electron chi connectivity index (χ1n) is 2.84. The monoisotopic (exact) mass is 162 g/mol. The number of hydrogen-bond donors (Lipinski definition) is 0. The second-order valence-electron chi connectivity index (χ2n) is 2.17. The summed E-state index contributed by atoms with van der Waals surface area (Å²) < 4.78 is 9.58. The quantitative estimate of drug-likeness (QED) is 0.554. The third kappa shape index (κ3) is 1.64. The summed E-state index contributed by atoms with van der Waals surface area (Å²) in [6.07, 6.45) is 3.80. The van der Waals surface area contributed by atoms with Gasteiger partial charge in [-0.15, -0.1) is 0 Å². The van der Waals surface area contributed by atoms with E-state index in [0.717, 1.165) is 0 Å². The Hall–Kier alpha value is -0.700. The van der Waals surface area contributed by atoms with Gasteiger partial charge in [-0.25, -0.2) is 4.79 Å². The van der Waals surface area contributed by atoms with Crippen molar-refractivity contribution < 1.29 is 14.3 Å². The Morgan fingerprint density at radius 1 is 1.90 bits per heavy atom. The van der Waals surface area contributed by atoms with Crippen LogP contribution in [0, 0.1) is 0 Å². The molecule has 0 aliphatic carbocycles. The van der Waals surface area contributed by atoms with Crippen LogP contribution in [0.3, 0.4) is 0 Å². The maximum absolute atomic E-state index is 10.2. The largest absolute Gasteiger partial charge is 0.460 e. The van der Waals surface area contributed by atoms with Crippen molar-refractivity contribution in [1.82, 2.24) is 0 Å². The van der Waals surface area contributed by atoms with E-state index in [1.54, 1.807) is 13.0 Å². The molecule has 3 nitrogen and oxygen atoms in total. The highest BCUT2D eigenvalue weighted by Crippen LogP contribution is 2.24. The lowest BCUT2D eigenvalue weighted by Gasteiger charge is -2.21. The van der Waals surface area contributed by atoms with Gasteiger partial charge >= 0.3 is 5.43 Å². The van der Waals surface area contributed by atoms with Crippen LogP contribution in [0.4, 0.5) is 4.79 Å². The molecule has 0 saturated carbocycles. The molecule has 0 aromatic carbocycles. The van der Waals surface area contributed by atoms with E-state index in [2.05, 4.69) is 4.74 Å². The molecule has 0 aromatic heterocycles. The fourth-order valence-corrected chi connectivity index (χ4v) is 0.901. The van der Waals surface area contributed by atoms with Crippen molar-refractivity contribution >= 4 is 17.0 Å². The maximum Gasteiger partial charge on any atom is 0.407 e. The van der Waals surface area contributed by atoms with Crippen LogP contribution in [0.2, 0.25) is 0 Å². The molecule has 0 fully saturated rings. The van der Waals surface area contributed by atoms with Gasteiger partial charge in [0.2, 0.25) is 0 Å². The third-order valence-electron chi connectivity index (χ3n) is 1.20. The van der Waals surface area contributed by atoms with Gasteiger partial charge in [0.15, 0.2) is 0 Å². The van der Waals surface area contributed by atoms with E-state index in [4.69, 9.17) is 16.3 Å². The normalized spacial score (nSPS) is 29.8. The zero-order valence-corrected chi connectivity index (χ0v) is 6.22. The van der Waals surface area contributed by atoms with Crippen molar-refractivity contribution in [2.45, 2.75) is 19.1 Å². The molecule has 0 radical (unpaired) electrons. The van der Waals surface area contributed by atoms with E-state index >= 15 is 0 Å². The van der Waals surface area contributed by atoms with Crippen LogP contribution in [-0.2, 0) is 9.47 Å². The van der Waals surface area contributed by atoms with Crippen LogP contribution in [0.25, 0.3) is 0 Å². The number of rotatable bonds is 1. The van der Waals surface area contributed by atoms with Crippen molar-refractivity contribution in [2.75, 3.05) is 0 Å². The van der Waals surface area contributed by atoms with E-state index in [1.165, 1.54) is 6.26 Å². The third-order valence-corrected chi connectivity index (χ3v) is 1.28. The zero-order chi connectivity index (χ0) is 7.61. The van der Waals surface area contributed by atoms with Gasteiger partial charge in [-0.05, 0) is 6.08 Å². The average Bonchev–Trinajstić information content (AvgIpc) is 2.12. The smallest absolute Gasteiger partial charge is 0.407 e. The van der Waals surface area contributed by atoms with Gasteiger partial charge < -0.3 is 9.47 Å². The number of carbonyl (C=O) groups is 1. The van der Waals surface area contributed by atoms with E-state index in [0.29, 0.717) is 6.42 Å². The first kappa shape index (κ1) is 7.41. The van der Waals surface area contributed by atoms with Crippen molar-refractivity contribution in [1.29, 1.82) is 0 Å². The molecular weight excluding hydrogens is 156 g/mol. The molecule has 1 aliphatic rings. The van der Waals surface area contributed by atoms with E-state index in [-0.39, 0.29) is 0 Å². The molecule has 0 aromatic rings. The molecule has 1 heterocycles. The summed E-state index contributed by atoms with van der Waals surface area (Å²) >= 11 is 4.98. The van der Waals surface area contributed by atoms with Crippen molar-refractivity contribution in [3.05, 3.63) is 12.3 Å². The first-order chi connectivity index (χ1) is 4.62. The Bertz CT molecular complexity index is 168. The molecular formula is C6H7ClO3. The number of carbonyl (C=O) groups excluding carboxylic acids is 1. The fourth-order valence-electron chi connectivity index (χ4n) is 0.738. The van der Waals surface area contributed by atoms with Gasteiger partial charge in [0, 0.05) is 24.9 Å². The van der Waals surface area contributed by atoms with Crippen LogP contribution in [0.15, 0.2) is 12.3 Å². The molecule has 0 saturated heterocycles. The summed E-state index contributed by atoms with van der Waals surface area (Å²) in [6.45, 7) is 1.65. The van der Waals surface area contributed by atoms with Crippen LogP contribution in [0.5, 0.6) is 0 Å². The van der Waals surface area contributed by atoms with Gasteiger partial charge in [0.05, 0.1) is 6.26 Å². The van der Waals surface area contributed by atoms with Crippen LogP contribution >= 0.6 is 11.6 Å².